The second kappa shape index (κ2) is 17.8. The molecular weight excluding hydrogens is 504 g/mol. The molecule has 1 unspecified atom stereocenters. The normalized spacial score (nSPS) is 16.4. The van der Waals surface area contributed by atoms with E-state index in [2.05, 4.69) is 62.2 Å². The zero-order valence-corrected chi connectivity index (χ0v) is 26.3. The number of benzene rings is 2. The molecule has 0 fully saturated rings. The summed E-state index contributed by atoms with van der Waals surface area (Å²) in [5, 5.41) is 0. The van der Waals surface area contributed by atoms with E-state index in [4.69, 9.17) is 4.74 Å². The highest BCUT2D eigenvalue weighted by Crippen LogP contribution is 2.33. The zero-order chi connectivity index (χ0) is 29.3. The van der Waals surface area contributed by atoms with Crippen molar-refractivity contribution in [2.24, 2.45) is 10.4 Å². The lowest BCUT2D eigenvalue weighted by Gasteiger charge is -2.31. The number of aliphatic imine (C=N–C) groups is 1. The average Bonchev–Trinajstić information content (AvgIpc) is 2.94. The molecular formula is C37H54N2O2. The predicted molar refractivity (Wildman–Crippen MR) is 175 cm³/mol. The first kappa shape index (κ1) is 32.6. The van der Waals surface area contributed by atoms with Crippen LogP contribution in [0.15, 0.2) is 65.2 Å². The number of anilines is 1. The minimum atomic E-state index is -0.0565. The van der Waals surface area contributed by atoms with Gasteiger partial charge in [-0.15, -0.1) is 0 Å². The number of allylic oxidation sites excluding steroid dienone is 1. The van der Waals surface area contributed by atoms with Crippen LogP contribution < -0.4 is 9.64 Å². The molecule has 2 aromatic carbocycles. The summed E-state index contributed by atoms with van der Waals surface area (Å²) in [6.07, 6.45) is 21.2. The quantitative estimate of drug-likeness (QED) is 0.161. The summed E-state index contributed by atoms with van der Waals surface area (Å²) in [5.74, 6) is 0.925. The number of nitrogens with zero attached hydrogens (tertiary/aromatic N) is 2. The van der Waals surface area contributed by atoms with Crippen molar-refractivity contribution in [3.05, 3.63) is 71.3 Å². The molecule has 0 bridgehead atoms. The topological polar surface area (TPSA) is 41.9 Å². The molecule has 0 saturated heterocycles. The maximum absolute atomic E-state index is 12.9. The van der Waals surface area contributed by atoms with Crippen LogP contribution in [0.1, 0.15) is 116 Å². The number of hydrogen-bond acceptors (Lipinski definition) is 3. The van der Waals surface area contributed by atoms with Crippen LogP contribution in [0.5, 0.6) is 5.75 Å². The molecule has 1 heterocycles. The van der Waals surface area contributed by atoms with Crippen LogP contribution in [0.4, 0.5) is 5.69 Å². The van der Waals surface area contributed by atoms with Crippen LogP contribution in [-0.4, -0.2) is 25.3 Å². The second-order valence-electron chi connectivity index (χ2n) is 12.3. The number of unbranched alkanes of at least 4 members (excludes halogenated alkanes) is 11. The number of hydrogen-bond donors (Lipinski definition) is 0. The Kier molecular flexibility index (Phi) is 14.2. The van der Waals surface area contributed by atoms with Gasteiger partial charge in [-0.05, 0) is 54.7 Å². The highest BCUT2D eigenvalue weighted by atomic mass is 16.5. The maximum Gasteiger partial charge on any atom is 0.224 e. The molecule has 2 aromatic rings. The molecule has 1 atom stereocenters. The van der Waals surface area contributed by atoms with Crippen molar-refractivity contribution < 1.29 is 9.53 Å². The van der Waals surface area contributed by atoms with E-state index in [1.165, 1.54) is 81.8 Å². The van der Waals surface area contributed by atoms with Gasteiger partial charge in [0.05, 0.1) is 13.2 Å². The van der Waals surface area contributed by atoms with Crippen molar-refractivity contribution in [2.75, 3.05) is 18.1 Å². The molecule has 4 heteroatoms. The molecule has 0 aromatic heterocycles. The molecule has 0 spiro atoms. The number of para-hydroxylation sites is 1. The smallest absolute Gasteiger partial charge is 0.224 e. The maximum atomic E-state index is 12.9. The summed E-state index contributed by atoms with van der Waals surface area (Å²) in [4.78, 5) is 19.3. The van der Waals surface area contributed by atoms with Crippen LogP contribution in [0.25, 0.3) is 0 Å². The van der Waals surface area contributed by atoms with Gasteiger partial charge >= 0.3 is 0 Å². The molecule has 0 radical (unpaired) electrons. The molecule has 1 aliphatic heterocycles. The van der Waals surface area contributed by atoms with Crippen LogP contribution in [0.2, 0.25) is 0 Å². The number of dihydropyridines is 1. The van der Waals surface area contributed by atoms with Crippen molar-refractivity contribution in [1.82, 2.24) is 0 Å². The van der Waals surface area contributed by atoms with E-state index < -0.39 is 0 Å². The summed E-state index contributed by atoms with van der Waals surface area (Å²) in [6, 6.07) is 16.5. The first-order chi connectivity index (χ1) is 19.9. The highest BCUT2D eigenvalue weighted by Gasteiger charge is 2.26. The summed E-state index contributed by atoms with van der Waals surface area (Å²) in [5.41, 5.74) is 4.36. The monoisotopic (exact) mass is 558 g/mol. The Balaban J connectivity index is 1.46. The average molecular weight is 559 g/mol. The Labute approximate surface area is 250 Å². The Bertz CT molecular complexity index is 1120. The summed E-state index contributed by atoms with van der Waals surface area (Å²) in [6.45, 7) is 10.3. The number of carbonyl (C=O) groups is 1. The van der Waals surface area contributed by atoms with Gasteiger partial charge in [0.1, 0.15) is 5.75 Å². The molecule has 0 saturated carbocycles. The SMILES string of the molecule is CCCCCCCCCCCCCCOc1cccc(CN(C(C)=O)c2ccccc2CC2(C)C=C(C)C=NC2)c1. The fourth-order valence-corrected chi connectivity index (χ4v) is 5.91. The number of amides is 1. The largest absolute Gasteiger partial charge is 0.494 e. The Morgan fingerprint density at radius 3 is 2.22 bits per heavy atom. The molecule has 41 heavy (non-hydrogen) atoms. The minimum absolute atomic E-state index is 0.0406. The van der Waals surface area contributed by atoms with Gasteiger partial charge in [-0.3, -0.25) is 9.79 Å². The second-order valence-corrected chi connectivity index (χ2v) is 12.3. The van der Waals surface area contributed by atoms with Gasteiger partial charge < -0.3 is 9.64 Å². The van der Waals surface area contributed by atoms with Gasteiger partial charge in [-0.1, -0.05) is 121 Å². The number of ether oxygens (including phenoxy) is 1. The summed E-state index contributed by atoms with van der Waals surface area (Å²) < 4.78 is 6.11. The van der Waals surface area contributed by atoms with Crippen molar-refractivity contribution in [3.8, 4) is 5.75 Å². The first-order valence-corrected chi connectivity index (χ1v) is 16.2. The van der Waals surface area contributed by atoms with E-state index in [1.807, 2.05) is 29.3 Å². The Morgan fingerprint density at radius 1 is 0.902 bits per heavy atom. The fourth-order valence-electron chi connectivity index (χ4n) is 5.91. The van der Waals surface area contributed by atoms with E-state index in [9.17, 15) is 4.79 Å². The van der Waals surface area contributed by atoms with Crippen LogP contribution in [-0.2, 0) is 17.8 Å². The molecule has 4 nitrogen and oxygen atoms in total. The lowest BCUT2D eigenvalue weighted by Crippen LogP contribution is -2.30. The van der Waals surface area contributed by atoms with Gasteiger partial charge in [-0.25, -0.2) is 0 Å². The summed E-state index contributed by atoms with van der Waals surface area (Å²) >= 11 is 0. The number of rotatable bonds is 19. The van der Waals surface area contributed by atoms with E-state index in [0.29, 0.717) is 6.54 Å². The van der Waals surface area contributed by atoms with Crippen LogP contribution in [0.3, 0.4) is 0 Å². The van der Waals surface area contributed by atoms with Gasteiger partial charge in [0.15, 0.2) is 0 Å². The van der Waals surface area contributed by atoms with E-state index in [1.54, 1.807) is 6.92 Å². The van der Waals surface area contributed by atoms with Crippen molar-refractivity contribution in [3.63, 3.8) is 0 Å². The lowest BCUT2D eigenvalue weighted by atomic mass is 9.80. The van der Waals surface area contributed by atoms with Crippen LogP contribution >= 0.6 is 0 Å². The third kappa shape index (κ3) is 11.9. The van der Waals surface area contributed by atoms with Gasteiger partial charge in [-0.2, -0.15) is 0 Å². The van der Waals surface area contributed by atoms with E-state index in [0.717, 1.165) is 43.0 Å². The third-order valence-electron chi connectivity index (χ3n) is 8.09. The molecule has 1 amide bonds. The van der Waals surface area contributed by atoms with Crippen molar-refractivity contribution in [1.29, 1.82) is 0 Å². The standard InChI is InChI=1S/C37H54N2O2/c1-5-6-7-8-9-10-11-12-13-14-15-18-24-41-35-22-19-20-33(25-35)29-39(32(3)40)36-23-17-16-21-34(36)27-37(4)26-31(2)28-38-30-37/h16-17,19-23,25-26,28H,5-15,18,24,27,29-30H2,1-4H3. The predicted octanol–water partition coefficient (Wildman–Crippen LogP) is 9.90. The molecule has 0 aliphatic carbocycles. The molecule has 1 aliphatic rings. The van der Waals surface area contributed by atoms with E-state index in [-0.39, 0.29) is 11.3 Å². The third-order valence-corrected chi connectivity index (χ3v) is 8.09. The lowest BCUT2D eigenvalue weighted by molar-refractivity contribution is -0.116. The molecule has 0 N–H and O–H groups in total. The number of carbonyl (C=O) groups excluding carboxylic acids is 1. The zero-order valence-electron chi connectivity index (χ0n) is 26.3. The fraction of sp³-hybridized carbons (Fsp3) is 0.568. The first-order valence-electron chi connectivity index (χ1n) is 16.2. The van der Waals surface area contributed by atoms with E-state index >= 15 is 0 Å². The molecule has 224 valence electrons. The van der Waals surface area contributed by atoms with Crippen LogP contribution in [0, 0.1) is 5.41 Å². The Hall–Kier alpha value is -2.88. The van der Waals surface area contributed by atoms with Crippen molar-refractivity contribution in [2.45, 2.75) is 118 Å². The van der Waals surface area contributed by atoms with Gasteiger partial charge in [0, 0.05) is 30.8 Å². The molecule has 3 rings (SSSR count). The highest BCUT2D eigenvalue weighted by molar-refractivity contribution is 5.92. The van der Waals surface area contributed by atoms with Gasteiger partial charge in [0.2, 0.25) is 5.91 Å². The van der Waals surface area contributed by atoms with Gasteiger partial charge in [0.25, 0.3) is 0 Å². The Morgan fingerprint density at radius 2 is 1.56 bits per heavy atom. The summed E-state index contributed by atoms with van der Waals surface area (Å²) in [7, 11) is 0. The minimum Gasteiger partial charge on any atom is -0.494 e. The van der Waals surface area contributed by atoms with Crippen molar-refractivity contribution >= 4 is 17.8 Å².